The molecule has 0 bridgehead atoms. The van der Waals surface area contributed by atoms with Crippen LogP contribution in [0.1, 0.15) is 37.9 Å². The molecule has 0 amide bonds. The standard InChI is InChI=1S/C8H12N2O/c1-5-9-7(11-10-5)6-4-8(6,2)3/h6H,4H2,1-3H3. The van der Waals surface area contributed by atoms with Gasteiger partial charge in [-0.05, 0) is 18.8 Å². The third kappa shape index (κ3) is 1.04. The molecule has 1 saturated carbocycles. The minimum absolute atomic E-state index is 0.388. The zero-order valence-electron chi connectivity index (χ0n) is 7.09. The predicted molar refractivity (Wildman–Crippen MR) is 40.2 cm³/mol. The Morgan fingerprint density at radius 2 is 2.18 bits per heavy atom. The smallest absolute Gasteiger partial charge is 0.230 e. The summed E-state index contributed by atoms with van der Waals surface area (Å²) in [6.45, 7) is 6.29. The van der Waals surface area contributed by atoms with Crippen molar-refractivity contribution < 1.29 is 4.52 Å². The summed E-state index contributed by atoms with van der Waals surface area (Å²) in [7, 11) is 0. The van der Waals surface area contributed by atoms with Gasteiger partial charge in [0.05, 0.1) is 0 Å². The van der Waals surface area contributed by atoms with Crippen LogP contribution in [0.2, 0.25) is 0 Å². The van der Waals surface area contributed by atoms with Crippen LogP contribution in [0.25, 0.3) is 0 Å². The summed E-state index contributed by atoms with van der Waals surface area (Å²) in [5, 5.41) is 3.76. The van der Waals surface area contributed by atoms with Crippen molar-refractivity contribution in [3.63, 3.8) is 0 Å². The number of rotatable bonds is 1. The van der Waals surface area contributed by atoms with Crippen molar-refractivity contribution in [1.82, 2.24) is 10.1 Å². The van der Waals surface area contributed by atoms with Crippen LogP contribution in [-0.4, -0.2) is 10.1 Å². The molecule has 0 radical (unpaired) electrons. The maximum absolute atomic E-state index is 5.06. The van der Waals surface area contributed by atoms with Crippen LogP contribution in [0.15, 0.2) is 4.52 Å². The Kier molecular flexibility index (Phi) is 1.14. The van der Waals surface area contributed by atoms with Crippen molar-refractivity contribution in [2.24, 2.45) is 5.41 Å². The number of aromatic nitrogens is 2. The monoisotopic (exact) mass is 152 g/mol. The van der Waals surface area contributed by atoms with Crippen LogP contribution < -0.4 is 0 Å². The normalized spacial score (nSPS) is 27.0. The minimum Gasteiger partial charge on any atom is -0.339 e. The Hall–Kier alpha value is -0.860. The van der Waals surface area contributed by atoms with E-state index in [1.54, 1.807) is 0 Å². The molecular weight excluding hydrogens is 140 g/mol. The number of hydrogen-bond acceptors (Lipinski definition) is 3. The fourth-order valence-corrected chi connectivity index (χ4v) is 1.34. The summed E-state index contributed by atoms with van der Waals surface area (Å²) >= 11 is 0. The molecule has 3 nitrogen and oxygen atoms in total. The number of hydrogen-bond donors (Lipinski definition) is 0. The van der Waals surface area contributed by atoms with Crippen molar-refractivity contribution in [2.45, 2.75) is 33.1 Å². The van der Waals surface area contributed by atoms with Gasteiger partial charge in [0, 0.05) is 5.92 Å². The predicted octanol–water partition coefficient (Wildman–Crippen LogP) is 1.89. The van der Waals surface area contributed by atoms with Gasteiger partial charge >= 0.3 is 0 Å². The lowest BCUT2D eigenvalue weighted by Crippen LogP contribution is -1.89. The molecule has 1 atom stereocenters. The lowest BCUT2D eigenvalue weighted by atomic mass is 10.1. The molecule has 11 heavy (non-hydrogen) atoms. The van der Waals surface area contributed by atoms with Crippen molar-refractivity contribution >= 4 is 0 Å². The van der Waals surface area contributed by atoms with Gasteiger partial charge in [-0.15, -0.1) is 0 Å². The molecule has 60 valence electrons. The van der Waals surface area contributed by atoms with E-state index in [0.29, 0.717) is 11.3 Å². The number of nitrogens with zero attached hydrogens (tertiary/aromatic N) is 2. The third-order valence-corrected chi connectivity index (χ3v) is 2.35. The molecule has 1 unspecified atom stereocenters. The largest absolute Gasteiger partial charge is 0.339 e. The fourth-order valence-electron chi connectivity index (χ4n) is 1.34. The van der Waals surface area contributed by atoms with Gasteiger partial charge in [0.15, 0.2) is 5.82 Å². The van der Waals surface area contributed by atoms with E-state index < -0.39 is 0 Å². The van der Waals surface area contributed by atoms with Crippen molar-refractivity contribution in [3.8, 4) is 0 Å². The van der Waals surface area contributed by atoms with Crippen molar-refractivity contribution in [3.05, 3.63) is 11.7 Å². The summed E-state index contributed by atoms with van der Waals surface area (Å²) in [5.41, 5.74) is 0.388. The highest BCUT2D eigenvalue weighted by molar-refractivity contribution is 5.12. The average molecular weight is 152 g/mol. The molecule has 1 aromatic rings. The molecule has 0 aliphatic heterocycles. The van der Waals surface area contributed by atoms with E-state index in [4.69, 9.17) is 4.52 Å². The van der Waals surface area contributed by atoms with Gasteiger partial charge < -0.3 is 4.52 Å². The van der Waals surface area contributed by atoms with E-state index in [9.17, 15) is 0 Å². The lowest BCUT2D eigenvalue weighted by molar-refractivity contribution is 0.364. The first-order valence-corrected chi connectivity index (χ1v) is 3.90. The van der Waals surface area contributed by atoms with Gasteiger partial charge in [0.25, 0.3) is 0 Å². The molecule has 0 aromatic carbocycles. The highest BCUT2D eigenvalue weighted by Crippen LogP contribution is 2.57. The molecule has 1 aliphatic rings. The highest BCUT2D eigenvalue weighted by atomic mass is 16.5. The Morgan fingerprint density at radius 3 is 2.55 bits per heavy atom. The van der Waals surface area contributed by atoms with Crippen LogP contribution in [0.5, 0.6) is 0 Å². The van der Waals surface area contributed by atoms with Gasteiger partial charge in [0.2, 0.25) is 5.89 Å². The second-order valence-electron chi connectivity index (χ2n) is 3.93. The van der Waals surface area contributed by atoms with Crippen molar-refractivity contribution in [2.75, 3.05) is 0 Å². The zero-order chi connectivity index (χ0) is 8.06. The van der Waals surface area contributed by atoms with Crippen LogP contribution in [0.4, 0.5) is 0 Å². The zero-order valence-corrected chi connectivity index (χ0v) is 7.09. The maximum Gasteiger partial charge on any atom is 0.230 e. The van der Waals surface area contributed by atoms with Crippen LogP contribution in [0, 0.1) is 12.3 Å². The molecular formula is C8H12N2O. The topological polar surface area (TPSA) is 38.9 Å². The SMILES string of the molecule is Cc1noc(C2CC2(C)C)n1. The molecule has 2 rings (SSSR count). The minimum atomic E-state index is 0.388. The molecule has 0 N–H and O–H groups in total. The van der Waals surface area contributed by atoms with E-state index in [0.717, 1.165) is 11.7 Å². The fraction of sp³-hybridized carbons (Fsp3) is 0.750. The second-order valence-corrected chi connectivity index (χ2v) is 3.93. The first kappa shape index (κ1) is 6.83. The molecule has 1 heterocycles. The Morgan fingerprint density at radius 1 is 1.55 bits per heavy atom. The average Bonchev–Trinajstić information content (AvgIpc) is 2.39. The lowest BCUT2D eigenvalue weighted by Gasteiger charge is -1.95. The molecule has 1 aliphatic carbocycles. The molecule has 3 heteroatoms. The second kappa shape index (κ2) is 1.84. The Balaban J connectivity index is 2.20. The molecule has 1 fully saturated rings. The third-order valence-electron chi connectivity index (χ3n) is 2.35. The summed E-state index contributed by atoms with van der Waals surface area (Å²) in [5.74, 6) is 2.05. The highest BCUT2D eigenvalue weighted by Gasteiger charge is 2.50. The van der Waals surface area contributed by atoms with Crippen LogP contribution >= 0.6 is 0 Å². The van der Waals surface area contributed by atoms with E-state index >= 15 is 0 Å². The van der Waals surface area contributed by atoms with Gasteiger partial charge in [-0.25, -0.2) is 0 Å². The van der Waals surface area contributed by atoms with Gasteiger partial charge in [0.1, 0.15) is 0 Å². The quantitative estimate of drug-likeness (QED) is 0.616. The van der Waals surface area contributed by atoms with E-state index in [-0.39, 0.29) is 0 Å². The van der Waals surface area contributed by atoms with Crippen molar-refractivity contribution in [1.29, 1.82) is 0 Å². The van der Waals surface area contributed by atoms with Gasteiger partial charge in [-0.1, -0.05) is 19.0 Å². The van der Waals surface area contributed by atoms with E-state index in [2.05, 4.69) is 24.0 Å². The van der Waals surface area contributed by atoms with Crippen LogP contribution in [-0.2, 0) is 0 Å². The van der Waals surface area contributed by atoms with E-state index in [1.807, 2.05) is 6.92 Å². The first-order chi connectivity index (χ1) is 5.09. The number of aryl methyl sites for hydroxylation is 1. The summed E-state index contributed by atoms with van der Waals surface area (Å²) in [4.78, 5) is 4.19. The summed E-state index contributed by atoms with van der Waals surface area (Å²) in [6.07, 6.45) is 1.18. The maximum atomic E-state index is 5.06. The van der Waals surface area contributed by atoms with Crippen LogP contribution in [0.3, 0.4) is 0 Å². The summed E-state index contributed by atoms with van der Waals surface area (Å²) in [6, 6.07) is 0. The Bertz CT molecular complexity index is 277. The first-order valence-electron chi connectivity index (χ1n) is 3.90. The van der Waals surface area contributed by atoms with Gasteiger partial charge in [-0.2, -0.15) is 4.98 Å². The molecule has 0 saturated heterocycles. The van der Waals surface area contributed by atoms with Gasteiger partial charge in [-0.3, -0.25) is 0 Å². The Labute approximate surface area is 65.8 Å². The summed E-state index contributed by atoms with van der Waals surface area (Å²) < 4.78 is 5.06. The molecule has 1 aromatic heterocycles. The van der Waals surface area contributed by atoms with E-state index in [1.165, 1.54) is 6.42 Å². The molecule has 0 spiro atoms.